The molecule has 0 saturated carbocycles. The zero-order chi connectivity index (χ0) is 8.97. The van der Waals surface area contributed by atoms with E-state index in [1.807, 2.05) is 0 Å². The maximum absolute atomic E-state index is 8.98. The lowest BCUT2D eigenvalue weighted by molar-refractivity contribution is 0.169. The molecule has 0 spiro atoms. The smallest absolute Gasteiger partial charge is 0.0587 e. The Bertz CT molecular complexity index is 172. The highest BCUT2D eigenvalue weighted by Gasteiger charge is 2.23. The van der Waals surface area contributed by atoms with Gasteiger partial charge < -0.3 is 5.11 Å². The summed E-state index contributed by atoms with van der Waals surface area (Å²) < 4.78 is 0. The van der Waals surface area contributed by atoms with Crippen LogP contribution in [0.3, 0.4) is 0 Å². The summed E-state index contributed by atoms with van der Waals surface area (Å²) in [5.74, 6) is 0. The molecule has 1 unspecified atom stereocenters. The molecule has 70 valence electrons. The fourth-order valence-electron chi connectivity index (χ4n) is 1.54. The zero-order valence-electron chi connectivity index (χ0n) is 6.84. The highest BCUT2D eigenvalue weighted by Crippen LogP contribution is 2.19. The minimum absolute atomic E-state index is 0.215. The van der Waals surface area contributed by atoms with Gasteiger partial charge in [-0.05, 0) is 19.4 Å². The monoisotopic (exact) mass is 209 g/mol. The number of aliphatic hydroxyl groups excluding tert-OH is 1. The molecular formula is C8H13Cl2NO. The summed E-state index contributed by atoms with van der Waals surface area (Å²) in [5, 5.41) is 9.62. The summed E-state index contributed by atoms with van der Waals surface area (Å²) in [6.45, 7) is 1.88. The van der Waals surface area contributed by atoms with Crippen LogP contribution in [0.2, 0.25) is 0 Å². The Morgan fingerprint density at radius 2 is 2.42 bits per heavy atom. The highest BCUT2D eigenvalue weighted by atomic mass is 35.5. The van der Waals surface area contributed by atoms with Crippen LogP contribution in [-0.4, -0.2) is 35.7 Å². The van der Waals surface area contributed by atoms with E-state index in [1.165, 1.54) is 5.54 Å². The molecule has 12 heavy (non-hydrogen) atoms. The van der Waals surface area contributed by atoms with E-state index >= 15 is 0 Å². The summed E-state index contributed by atoms with van der Waals surface area (Å²) in [6.07, 6.45) is 2.20. The van der Waals surface area contributed by atoms with Crippen LogP contribution in [0.25, 0.3) is 0 Å². The van der Waals surface area contributed by atoms with Crippen LogP contribution in [0, 0.1) is 0 Å². The lowest BCUT2D eigenvalue weighted by Crippen LogP contribution is -2.33. The van der Waals surface area contributed by atoms with Gasteiger partial charge in [-0.2, -0.15) is 0 Å². The Balaban J connectivity index is 2.40. The Labute approximate surface area is 82.8 Å². The van der Waals surface area contributed by atoms with Gasteiger partial charge in [0.05, 0.1) is 6.61 Å². The summed E-state index contributed by atoms with van der Waals surface area (Å²) in [7, 11) is 0. The normalized spacial score (nSPS) is 26.6. The molecule has 1 saturated heterocycles. The summed E-state index contributed by atoms with van der Waals surface area (Å²) in [4.78, 5) is 2.15. The van der Waals surface area contributed by atoms with E-state index < -0.39 is 0 Å². The van der Waals surface area contributed by atoms with Crippen molar-refractivity contribution < 1.29 is 5.11 Å². The third-order valence-corrected chi connectivity index (χ3v) is 2.79. The summed E-state index contributed by atoms with van der Waals surface area (Å²) >= 11 is 11.2. The molecule has 0 aromatic heterocycles. The van der Waals surface area contributed by atoms with E-state index in [0.717, 1.165) is 19.4 Å². The minimum atomic E-state index is 0.215. The minimum Gasteiger partial charge on any atom is -0.395 e. The van der Waals surface area contributed by atoms with Gasteiger partial charge in [0.1, 0.15) is 0 Å². The molecule has 1 heterocycles. The van der Waals surface area contributed by atoms with Crippen LogP contribution >= 0.6 is 23.2 Å². The van der Waals surface area contributed by atoms with E-state index in [2.05, 4.69) is 4.90 Å². The lowest BCUT2D eigenvalue weighted by Gasteiger charge is -2.21. The van der Waals surface area contributed by atoms with Crippen LogP contribution in [0.5, 0.6) is 0 Å². The number of rotatable bonds is 3. The van der Waals surface area contributed by atoms with Crippen molar-refractivity contribution in [2.45, 2.75) is 18.9 Å². The van der Waals surface area contributed by atoms with Crippen molar-refractivity contribution in [3.63, 3.8) is 0 Å². The average molecular weight is 210 g/mol. The third-order valence-electron chi connectivity index (χ3n) is 2.18. The standard InChI is InChI=1S/C8H13Cl2NO/c9-4-7(10)5-11-3-1-2-8(11)6-12/h4,8,12H,1-3,5-6H2. The Kier molecular flexibility index (Phi) is 4.36. The van der Waals surface area contributed by atoms with Gasteiger partial charge in [0.2, 0.25) is 0 Å². The zero-order valence-corrected chi connectivity index (χ0v) is 8.35. The number of nitrogens with zero attached hydrogens (tertiary/aromatic N) is 1. The highest BCUT2D eigenvalue weighted by molar-refractivity contribution is 6.36. The molecule has 1 fully saturated rings. The van der Waals surface area contributed by atoms with Crippen LogP contribution in [0.15, 0.2) is 10.6 Å². The Hall–Kier alpha value is 0.240. The topological polar surface area (TPSA) is 23.5 Å². The fraction of sp³-hybridized carbons (Fsp3) is 0.750. The largest absolute Gasteiger partial charge is 0.395 e. The van der Waals surface area contributed by atoms with Crippen molar-refractivity contribution >= 4 is 23.2 Å². The molecule has 1 aliphatic heterocycles. The number of hydrogen-bond donors (Lipinski definition) is 1. The maximum Gasteiger partial charge on any atom is 0.0587 e. The Morgan fingerprint density at radius 1 is 1.67 bits per heavy atom. The first-order valence-corrected chi connectivity index (χ1v) is 4.89. The predicted molar refractivity (Wildman–Crippen MR) is 51.5 cm³/mol. The Morgan fingerprint density at radius 3 is 3.00 bits per heavy atom. The second kappa shape index (κ2) is 5.07. The van der Waals surface area contributed by atoms with Crippen LogP contribution in [0.4, 0.5) is 0 Å². The van der Waals surface area contributed by atoms with Crippen molar-refractivity contribution in [2.75, 3.05) is 19.7 Å². The fourth-order valence-corrected chi connectivity index (χ4v) is 1.76. The van der Waals surface area contributed by atoms with E-state index in [9.17, 15) is 0 Å². The molecule has 1 aliphatic rings. The lowest BCUT2D eigenvalue weighted by atomic mass is 10.2. The first kappa shape index (κ1) is 10.3. The van der Waals surface area contributed by atoms with Gasteiger partial charge in [-0.3, -0.25) is 4.90 Å². The molecule has 0 amide bonds. The number of halogens is 2. The summed E-state index contributed by atoms with van der Waals surface area (Å²) in [5.41, 5.74) is 1.38. The quantitative estimate of drug-likeness (QED) is 0.767. The van der Waals surface area contributed by atoms with Crippen molar-refractivity contribution in [3.05, 3.63) is 10.6 Å². The third kappa shape index (κ3) is 2.63. The van der Waals surface area contributed by atoms with Crippen LogP contribution in [0.1, 0.15) is 12.8 Å². The van der Waals surface area contributed by atoms with Crippen LogP contribution < -0.4 is 0 Å². The molecule has 1 rings (SSSR count). The number of hydrogen-bond acceptors (Lipinski definition) is 2. The second-order valence-electron chi connectivity index (χ2n) is 3.01. The van der Waals surface area contributed by atoms with E-state index in [0.29, 0.717) is 11.6 Å². The van der Waals surface area contributed by atoms with Crippen molar-refractivity contribution in [3.8, 4) is 0 Å². The van der Waals surface area contributed by atoms with Gasteiger partial charge in [-0.15, -0.1) is 0 Å². The molecule has 0 aromatic carbocycles. The molecule has 0 aromatic rings. The molecule has 2 nitrogen and oxygen atoms in total. The SMILES string of the molecule is OCC1CCCN1CC(Cl)=CCl. The van der Waals surface area contributed by atoms with Gasteiger partial charge >= 0.3 is 0 Å². The molecule has 1 atom stereocenters. The van der Waals surface area contributed by atoms with Gasteiger partial charge in [-0.25, -0.2) is 0 Å². The second-order valence-corrected chi connectivity index (χ2v) is 3.71. The van der Waals surface area contributed by atoms with Crippen molar-refractivity contribution in [2.24, 2.45) is 0 Å². The van der Waals surface area contributed by atoms with E-state index in [4.69, 9.17) is 28.3 Å². The number of aliphatic hydroxyl groups is 1. The molecule has 0 aliphatic carbocycles. The molecule has 0 radical (unpaired) electrons. The van der Waals surface area contributed by atoms with Crippen molar-refractivity contribution in [1.82, 2.24) is 4.90 Å². The van der Waals surface area contributed by atoms with Gasteiger partial charge in [0, 0.05) is 23.2 Å². The number of likely N-dealkylation sites (tertiary alicyclic amines) is 1. The molecule has 4 heteroatoms. The van der Waals surface area contributed by atoms with Crippen LogP contribution in [-0.2, 0) is 0 Å². The molecule has 1 N–H and O–H groups in total. The van der Waals surface area contributed by atoms with Gasteiger partial charge in [0.15, 0.2) is 0 Å². The average Bonchev–Trinajstić information content (AvgIpc) is 2.51. The first-order valence-electron chi connectivity index (χ1n) is 4.07. The molecular weight excluding hydrogens is 197 g/mol. The van der Waals surface area contributed by atoms with Gasteiger partial charge in [-0.1, -0.05) is 23.2 Å². The van der Waals surface area contributed by atoms with Crippen molar-refractivity contribution in [1.29, 1.82) is 0 Å². The predicted octanol–water partition coefficient (Wildman–Crippen LogP) is 1.76. The van der Waals surface area contributed by atoms with E-state index in [1.54, 1.807) is 0 Å². The van der Waals surface area contributed by atoms with E-state index in [-0.39, 0.29) is 12.6 Å². The maximum atomic E-state index is 8.98. The first-order chi connectivity index (χ1) is 5.77. The molecule has 0 bridgehead atoms. The summed E-state index contributed by atoms with van der Waals surface area (Å²) in [6, 6.07) is 0.273. The van der Waals surface area contributed by atoms with Gasteiger partial charge in [0.25, 0.3) is 0 Å².